The fourth-order valence-electron chi connectivity index (χ4n) is 1.71. The number of rotatable bonds is 4. The third-order valence-corrected chi connectivity index (χ3v) is 3.95. The van der Waals surface area contributed by atoms with Crippen molar-refractivity contribution in [3.63, 3.8) is 0 Å². The van der Waals surface area contributed by atoms with Gasteiger partial charge in [0.2, 0.25) is 11.8 Å². The van der Waals surface area contributed by atoms with Gasteiger partial charge in [-0.15, -0.1) is 11.3 Å². The highest BCUT2D eigenvalue weighted by atomic mass is 32.1. The first kappa shape index (κ1) is 11.6. The maximum atomic E-state index is 5.80. The number of aryl methyl sites for hydroxylation is 1. The van der Waals surface area contributed by atoms with Crippen molar-refractivity contribution in [2.75, 3.05) is 18.6 Å². The van der Waals surface area contributed by atoms with E-state index in [9.17, 15) is 0 Å². The van der Waals surface area contributed by atoms with Gasteiger partial charge in [-0.05, 0) is 12.5 Å². The molecule has 96 valence electrons. The number of hydrogen-bond donors (Lipinski definition) is 2. The topological polar surface area (TPSA) is 82.3 Å². The van der Waals surface area contributed by atoms with Gasteiger partial charge in [-0.25, -0.2) is 10.8 Å². The molecule has 0 radical (unpaired) electrons. The molecule has 0 saturated carbocycles. The summed E-state index contributed by atoms with van der Waals surface area (Å²) in [5.41, 5.74) is 2.47. The van der Waals surface area contributed by atoms with Crippen LogP contribution in [-0.4, -0.2) is 29.3 Å². The van der Waals surface area contributed by atoms with Gasteiger partial charge in [0.25, 0.3) is 0 Å². The second-order valence-electron chi connectivity index (χ2n) is 4.06. The molecule has 0 aliphatic carbocycles. The second kappa shape index (κ2) is 4.68. The van der Waals surface area contributed by atoms with E-state index in [2.05, 4.69) is 28.4 Å². The molecule has 0 aromatic carbocycles. The Morgan fingerprint density at radius 2 is 2.39 bits per heavy atom. The number of nitrogens with two attached hydrogens (primary N) is 1. The smallest absolute Gasteiger partial charge is 0.241 e. The van der Waals surface area contributed by atoms with Crippen LogP contribution in [0.25, 0.3) is 10.2 Å². The van der Waals surface area contributed by atoms with E-state index in [0.717, 1.165) is 16.6 Å². The van der Waals surface area contributed by atoms with Crippen LogP contribution in [0.15, 0.2) is 6.07 Å². The highest BCUT2D eigenvalue weighted by Gasteiger charge is 2.23. The van der Waals surface area contributed by atoms with Gasteiger partial charge < -0.3 is 9.47 Å². The number of fused-ring (bicyclic) bond motifs is 1. The molecular formula is C11H14N4O2S. The molecule has 3 heterocycles. The van der Waals surface area contributed by atoms with Gasteiger partial charge in [-0.3, -0.25) is 5.43 Å². The first-order chi connectivity index (χ1) is 8.80. The van der Waals surface area contributed by atoms with Gasteiger partial charge in [0.15, 0.2) is 0 Å². The first-order valence-corrected chi connectivity index (χ1v) is 6.63. The normalized spacial score (nSPS) is 15.7. The Bertz CT molecular complexity index is 567. The highest BCUT2D eigenvalue weighted by molar-refractivity contribution is 7.18. The molecule has 6 nitrogen and oxygen atoms in total. The lowest BCUT2D eigenvalue weighted by atomic mass is 10.3. The molecule has 0 bridgehead atoms. The van der Waals surface area contributed by atoms with E-state index in [1.165, 1.54) is 4.88 Å². The number of nitrogen functional groups attached to an aromatic ring is 1. The third-order valence-electron chi connectivity index (χ3n) is 2.77. The molecule has 0 unspecified atom stereocenters. The van der Waals surface area contributed by atoms with Crippen LogP contribution in [0, 0.1) is 0 Å². The maximum Gasteiger partial charge on any atom is 0.241 e. The largest absolute Gasteiger partial charge is 0.469 e. The number of hydrazine groups is 1. The fourth-order valence-corrected chi connectivity index (χ4v) is 2.67. The number of nitrogens with one attached hydrogen (secondary N) is 1. The van der Waals surface area contributed by atoms with Gasteiger partial charge in [0, 0.05) is 4.88 Å². The van der Waals surface area contributed by atoms with Crippen molar-refractivity contribution in [3.05, 3.63) is 10.9 Å². The van der Waals surface area contributed by atoms with Crippen molar-refractivity contribution < 1.29 is 9.47 Å². The van der Waals surface area contributed by atoms with Crippen LogP contribution in [0.5, 0.6) is 5.88 Å². The predicted octanol–water partition coefficient (Wildman–Crippen LogP) is 1.32. The summed E-state index contributed by atoms with van der Waals surface area (Å²) in [6, 6.07) is 2.08. The molecule has 7 heteroatoms. The molecule has 2 aromatic heterocycles. The molecule has 3 rings (SSSR count). The monoisotopic (exact) mass is 266 g/mol. The van der Waals surface area contributed by atoms with E-state index in [-0.39, 0.29) is 6.10 Å². The van der Waals surface area contributed by atoms with E-state index in [1.807, 2.05) is 0 Å². The summed E-state index contributed by atoms with van der Waals surface area (Å²) in [4.78, 5) is 10.8. The molecular weight excluding hydrogens is 252 g/mol. The van der Waals surface area contributed by atoms with Crippen LogP contribution in [-0.2, 0) is 11.2 Å². The third kappa shape index (κ3) is 2.00. The molecule has 1 aliphatic heterocycles. The summed E-state index contributed by atoms with van der Waals surface area (Å²) in [6.45, 7) is 3.34. The second-order valence-corrected chi connectivity index (χ2v) is 5.17. The van der Waals surface area contributed by atoms with E-state index in [0.29, 0.717) is 25.0 Å². The van der Waals surface area contributed by atoms with Gasteiger partial charge >= 0.3 is 0 Å². The minimum atomic E-state index is 0.0821. The summed E-state index contributed by atoms with van der Waals surface area (Å²) in [5.74, 6) is 6.33. The van der Waals surface area contributed by atoms with Gasteiger partial charge in [0.05, 0.1) is 18.6 Å². The zero-order chi connectivity index (χ0) is 12.5. The molecule has 1 fully saturated rings. The average Bonchev–Trinajstić information content (AvgIpc) is 2.76. The van der Waals surface area contributed by atoms with Crippen molar-refractivity contribution in [1.82, 2.24) is 9.97 Å². The Balaban J connectivity index is 2.04. The maximum absolute atomic E-state index is 5.80. The summed E-state index contributed by atoms with van der Waals surface area (Å²) in [6.07, 6.45) is 1.05. The number of hydrogen-bond acceptors (Lipinski definition) is 7. The Labute approximate surface area is 108 Å². The predicted molar refractivity (Wildman–Crippen MR) is 69.8 cm³/mol. The fraction of sp³-hybridized carbons (Fsp3) is 0.455. The van der Waals surface area contributed by atoms with E-state index >= 15 is 0 Å². The minimum absolute atomic E-state index is 0.0821. The minimum Gasteiger partial charge on any atom is -0.469 e. The van der Waals surface area contributed by atoms with Crippen LogP contribution >= 0.6 is 11.3 Å². The first-order valence-electron chi connectivity index (χ1n) is 5.81. The molecule has 1 saturated heterocycles. The molecule has 0 atom stereocenters. The number of ether oxygens (including phenoxy) is 2. The number of thiophene rings is 1. The summed E-state index contributed by atoms with van der Waals surface area (Å²) in [5, 5.41) is 0.947. The van der Waals surface area contributed by atoms with Crippen LogP contribution in [0.2, 0.25) is 0 Å². The van der Waals surface area contributed by atoms with Crippen molar-refractivity contribution in [3.8, 4) is 5.88 Å². The van der Waals surface area contributed by atoms with E-state index in [1.54, 1.807) is 11.3 Å². The lowest BCUT2D eigenvalue weighted by Crippen LogP contribution is -2.38. The average molecular weight is 266 g/mol. The zero-order valence-corrected chi connectivity index (χ0v) is 10.8. The Morgan fingerprint density at radius 1 is 1.56 bits per heavy atom. The van der Waals surface area contributed by atoms with Gasteiger partial charge in [-0.1, -0.05) is 6.92 Å². The van der Waals surface area contributed by atoms with E-state index < -0.39 is 0 Å². The van der Waals surface area contributed by atoms with Crippen LogP contribution in [0.4, 0.5) is 5.95 Å². The van der Waals surface area contributed by atoms with Crippen molar-refractivity contribution in [1.29, 1.82) is 0 Å². The molecule has 3 N–H and O–H groups in total. The standard InChI is InChI=1S/C11H14N4O2S/c1-2-7-3-8-9(17-6-4-16-5-6)13-11(15-12)14-10(8)18-7/h3,6H,2,4-5,12H2,1H3,(H,13,14,15). The van der Waals surface area contributed by atoms with Crippen molar-refractivity contribution in [2.24, 2.45) is 5.84 Å². The lowest BCUT2D eigenvalue weighted by Gasteiger charge is -2.26. The van der Waals surface area contributed by atoms with Crippen molar-refractivity contribution >= 4 is 27.5 Å². The molecule has 0 spiro atoms. The SMILES string of the molecule is CCc1cc2c(OC3COC3)nc(NN)nc2s1. The Morgan fingerprint density at radius 3 is 3.00 bits per heavy atom. The van der Waals surface area contributed by atoms with Crippen LogP contribution in [0.3, 0.4) is 0 Å². The van der Waals surface area contributed by atoms with Gasteiger partial charge in [0.1, 0.15) is 10.9 Å². The summed E-state index contributed by atoms with van der Waals surface area (Å²) >= 11 is 1.64. The molecule has 18 heavy (non-hydrogen) atoms. The quantitative estimate of drug-likeness (QED) is 0.641. The van der Waals surface area contributed by atoms with Crippen LogP contribution in [0.1, 0.15) is 11.8 Å². The van der Waals surface area contributed by atoms with Crippen molar-refractivity contribution in [2.45, 2.75) is 19.4 Å². The Kier molecular flexibility index (Phi) is 3.02. The molecule has 1 aliphatic rings. The zero-order valence-electron chi connectivity index (χ0n) is 9.97. The number of aromatic nitrogens is 2. The van der Waals surface area contributed by atoms with Gasteiger partial charge in [-0.2, -0.15) is 4.98 Å². The molecule has 0 amide bonds. The summed E-state index contributed by atoms with van der Waals surface area (Å²) < 4.78 is 10.9. The number of anilines is 1. The lowest BCUT2D eigenvalue weighted by molar-refractivity contribution is -0.0806. The Hall–Kier alpha value is -1.44. The van der Waals surface area contributed by atoms with E-state index in [4.69, 9.17) is 15.3 Å². The number of nitrogens with zero attached hydrogens (tertiary/aromatic N) is 2. The van der Waals surface area contributed by atoms with Crippen LogP contribution < -0.4 is 16.0 Å². The molecule has 2 aromatic rings. The highest BCUT2D eigenvalue weighted by Crippen LogP contribution is 2.32. The summed E-state index contributed by atoms with van der Waals surface area (Å²) in [7, 11) is 0.